The fourth-order valence-corrected chi connectivity index (χ4v) is 4.01. The second-order valence-corrected chi connectivity index (χ2v) is 8.03. The molecule has 33 heavy (non-hydrogen) atoms. The minimum absolute atomic E-state index is 0.0275. The molecule has 2 aromatic carbocycles. The molecule has 168 valence electrons. The van der Waals surface area contributed by atoms with Crippen molar-refractivity contribution >= 4 is 28.3 Å². The Morgan fingerprint density at radius 3 is 2.85 bits per heavy atom. The lowest BCUT2D eigenvalue weighted by atomic mass is 10.1. The molecule has 2 atom stereocenters. The van der Waals surface area contributed by atoms with E-state index in [9.17, 15) is 4.79 Å². The summed E-state index contributed by atoms with van der Waals surface area (Å²) in [6.45, 7) is 2.08. The van der Waals surface area contributed by atoms with Crippen LogP contribution in [0.5, 0.6) is 0 Å². The molecule has 7 heteroatoms. The molecule has 0 spiro atoms. The van der Waals surface area contributed by atoms with Crippen LogP contribution in [0.4, 0.5) is 5.69 Å². The third-order valence-corrected chi connectivity index (χ3v) is 5.90. The predicted molar refractivity (Wildman–Crippen MR) is 126 cm³/mol. The maximum absolute atomic E-state index is 13.2. The molecule has 3 heterocycles. The Kier molecular flexibility index (Phi) is 5.71. The fourth-order valence-electron chi connectivity index (χ4n) is 4.01. The average Bonchev–Trinajstić information content (AvgIpc) is 3.60. The van der Waals surface area contributed by atoms with E-state index in [0.717, 1.165) is 27.9 Å². The third-order valence-electron chi connectivity index (χ3n) is 5.90. The van der Waals surface area contributed by atoms with E-state index in [1.54, 1.807) is 13.4 Å². The Morgan fingerprint density at radius 2 is 2.06 bits per heavy atom. The summed E-state index contributed by atoms with van der Waals surface area (Å²) < 4.78 is 17.0. The van der Waals surface area contributed by atoms with Crippen molar-refractivity contribution in [1.82, 2.24) is 5.01 Å². The van der Waals surface area contributed by atoms with Gasteiger partial charge in [-0.1, -0.05) is 30.3 Å². The number of nitrogens with zero attached hydrogens (tertiary/aromatic N) is 2. The molecule has 2 unspecified atom stereocenters. The molecule has 1 aliphatic rings. The van der Waals surface area contributed by atoms with Crippen LogP contribution < -0.4 is 5.32 Å². The number of fused-ring (bicyclic) bond motifs is 1. The zero-order chi connectivity index (χ0) is 22.8. The largest absolute Gasteiger partial charge is 0.467 e. The molecule has 5 rings (SSSR count). The van der Waals surface area contributed by atoms with Crippen LogP contribution in [0.25, 0.3) is 11.0 Å². The fraction of sp³-hybridized carbons (Fsp3) is 0.231. The number of ether oxygens (including phenoxy) is 1. The number of hydrogen-bond acceptors (Lipinski definition) is 6. The molecule has 0 bridgehead atoms. The van der Waals surface area contributed by atoms with Crippen LogP contribution in [0.15, 0.2) is 86.9 Å². The van der Waals surface area contributed by atoms with Crippen LogP contribution >= 0.6 is 0 Å². The van der Waals surface area contributed by atoms with Gasteiger partial charge in [0.25, 0.3) is 5.91 Å². The van der Waals surface area contributed by atoms with Gasteiger partial charge in [-0.2, -0.15) is 5.10 Å². The molecular formula is C26H25N3O4. The number of para-hydroxylation sites is 1. The highest BCUT2D eigenvalue weighted by atomic mass is 16.5. The normalized spacial score (nSPS) is 16.7. The van der Waals surface area contributed by atoms with Gasteiger partial charge in [-0.3, -0.25) is 4.79 Å². The number of rotatable bonds is 7. The highest BCUT2D eigenvalue weighted by molar-refractivity contribution is 6.03. The number of anilines is 1. The van der Waals surface area contributed by atoms with E-state index in [-0.39, 0.29) is 24.6 Å². The molecule has 0 saturated heterocycles. The minimum Gasteiger partial charge on any atom is -0.467 e. The first kappa shape index (κ1) is 21.0. The number of hydrazone groups is 1. The summed E-state index contributed by atoms with van der Waals surface area (Å²) in [7, 11) is 1.67. The van der Waals surface area contributed by atoms with Crippen LogP contribution in [0.2, 0.25) is 0 Å². The second kappa shape index (κ2) is 8.96. The second-order valence-electron chi connectivity index (χ2n) is 8.03. The molecule has 2 aromatic heterocycles. The van der Waals surface area contributed by atoms with Gasteiger partial charge in [0, 0.05) is 24.6 Å². The zero-order valence-corrected chi connectivity index (χ0v) is 18.5. The van der Waals surface area contributed by atoms with Crippen molar-refractivity contribution in [3.05, 3.63) is 90.1 Å². The van der Waals surface area contributed by atoms with Crippen molar-refractivity contribution in [2.45, 2.75) is 25.5 Å². The maximum atomic E-state index is 13.2. The van der Waals surface area contributed by atoms with Crippen LogP contribution in [-0.4, -0.2) is 30.3 Å². The standard InChI is InChI=1S/C26H25N3O4/c1-17(31-2)18-8-5-9-20(13-18)27-16-26(30)29-22(24-11-6-12-32-24)15-21(28-29)25-14-19-7-3-4-10-23(19)33-25/h3-14,17,22,27H,15-16H2,1-2H3. The summed E-state index contributed by atoms with van der Waals surface area (Å²) in [4.78, 5) is 13.2. The van der Waals surface area contributed by atoms with Gasteiger partial charge in [0.2, 0.25) is 0 Å². The van der Waals surface area contributed by atoms with E-state index in [2.05, 4.69) is 10.4 Å². The lowest BCUT2D eigenvalue weighted by Crippen LogP contribution is -2.32. The summed E-state index contributed by atoms with van der Waals surface area (Å²) in [6, 6.07) is 21.0. The summed E-state index contributed by atoms with van der Waals surface area (Å²) in [5, 5.41) is 10.4. The Morgan fingerprint density at radius 1 is 1.18 bits per heavy atom. The van der Waals surface area contributed by atoms with E-state index >= 15 is 0 Å². The van der Waals surface area contributed by atoms with Gasteiger partial charge < -0.3 is 18.9 Å². The van der Waals surface area contributed by atoms with Gasteiger partial charge in [-0.05, 0) is 48.9 Å². The lowest BCUT2D eigenvalue weighted by molar-refractivity contribution is -0.131. The molecule has 0 fully saturated rings. The van der Waals surface area contributed by atoms with Crippen molar-refractivity contribution in [3.8, 4) is 0 Å². The number of amides is 1. The molecule has 0 radical (unpaired) electrons. The molecule has 4 aromatic rings. The number of carbonyl (C=O) groups excluding carboxylic acids is 1. The summed E-state index contributed by atoms with van der Waals surface area (Å²) in [5.74, 6) is 1.19. The van der Waals surface area contributed by atoms with Gasteiger partial charge in [-0.25, -0.2) is 5.01 Å². The number of hydrogen-bond donors (Lipinski definition) is 1. The van der Waals surface area contributed by atoms with E-state index in [0.29, 0.717) is 17.9 Å². The van der Waals surface area contributed by atoms with Gasteiger partial charge in [-0.15, -0.1) is 0 Å². The summed E-state index contributed by atoms with van der Waals surface area (Å²) in [6.07, 6.45) is 2.10. The van der Waals surface area contributed by atoms with Crippen LogP contribution in [0.1, 0.15) is 42.6 Å². The average molecular weight is 444 g/mol. The first-order chi connectivity index (χ1) is 16.1. The van der Waals surface area contributed by atoms with E-state index in [1.165, 1.54) is 5.01 Å². The predicted octanol–water partition coefficient (Wildman–Crippen LogP) is 5.52. The number of methoxy groups -OCH3 is 1. The molecule has 7 nitrogen and oxygen atoms in total. The van der Waals surface area contributed by atoms with Crippen LogP contribution in [-0.2, 0) is 9.53 Å². The Labute approximate surface area is 191 Å². The SMILES string of the molecule is COC(C)c1cccc(NCC(=O)N2N=C(c3cc4ccccc4o3)CC2c2ccco2)c1. The summed E-state index contributed by atoms with van der Waals surface area (Å²) in [5.41, 5.74) is 3.40. The minimum atomic E-state index is -0.322. The van der Waals surface area contributed by atoms with Crippen molar-refractivity contribution in [3.63, 3.8) is 0 Å². The first-order valence-electron chi connectivity index (χ1n) is 10.9. The number of furan rings is 2. The monoisotopic (exact) mass is 443 g/mol. The molecule has 0 aliphatic carbocycles. The van der Waals surface area contributed by atoms with Gasteiger partial charge in [0.15, 0.2) is 5.76 Å². The highest BCUT2D eigenvalue weighted by Gasteiger charge is 2.35. The highest BCUT2D eigenvalue weighted by Crippen LogP contribution is 2.34. The van der Waals surface area contributed by atoms with Crippen molar-refractivity contribution < 1.29 is 18.4 Å². The lowest BCUT2D eigenvalue weighted by Gasteiger charge is -2.20. The van der Waals surface area contributed by atoms with Crippen LogP contribution in [0, 0.1) is 0 Å². The van der Waals surface area contributed by atoms with Gasteiger partial charge >= 0.3 is 0 Å². The Balaban J connectivity index is 1.37. The molecule has 1 N–H and O–H groups in total. The molecular weight excluding hydrogens is 418 g/mol. The summed E-state index contributed by atoms with van der Waals surface area (Å²) >= 11 is 0. The van der Waals surface area contributed by atoms with Crippen molar-refractivity contribution in [2.75, 3.05) is 19.0 Å². The quantitative estimate of drug-likeness (QED) is 0.407. The molecule has 1 amide bonds. The molecule has 0 saturated carbocycles. The number of carbonyl (C=O) groups is 1. The topological polar surface area (TPSA) is 80.2 Å². The van der Waals surface area contributed by atoms with Crippen LogP contribution in [0.3, 0.4) is 0 Å². The Bertz CT molecular complexity index is 1260. The maximum Gasteiger partial charge on any atom is 0.262 e. The number of nitrogens with one attached hydrogen (secondary N) is 1. The smallest absolute Gasteiger partial charge is 0.262 e. The first-order valence-corrected chi connectivity index (χ1v) is 10.9. The van der Waals surface area contributed by atoms with Crippen molar-refractivity contribution in [1.29, 1.82) is 0 Å². The van der Waals surface area contributed by atoms with E-state index < -0.39 is 0 Å². The number of benzene rings is 2. The molecule has 1 aliphatic heterocycles. The van der Waals surface area contributed by atoms with E-state index in [4.69, 9.17) is 13.6 Å². The van der Waals surface area contributed by atoms with Gasteiger partial charge in [0.05, 0.1) is 18.9 Å². The van der Waals surface area contributed by atoms with E-state index in [1.807, 2.05) is 73.7 Å². The van der Waals surface area contributed by atoms with Gasteiger partial charge in [0.1, 0.15) is 23.1 Å². The van der Waals surface area contributed by atoms with Crippen molar-refractivity contribution in [2.24, 2.45) is 5.10 Å². The third kappa shape index (κ3) is 4.27. The Hall–Kier alpha value is -3.84. The zero-order valence-electron chi connectivity index (χ0n) is 18.5.